The van der Waals surface area contributed by atoms with Crippen LogP contribution in [0.4, 0.5) is 0 Å². The van der Waals surface area contributed by atoms with E-state index in [2.05, 4.69) is 56.1 Å². The van der Waals surface area contributed by atoms with Gasteiger partial charge in [0.05, 0.1) is 0 Å². The third-order valence-electron chi connectivity index (χ3n) is 5.01. The van der Waals surface area contributed by atoms with Crippen molar-refractivity contribution in [3.63, 3.8) is 0 Å². The summed E-state index contributed by atoms with van der Waals surface area (Å²) in [7, 11) is 0. The van der Waals surface area contributed by atoms with E-state index in [0.29, 0.717) is 11.5 Å². The first-order valence-corrected chi connectivity index (χ1v) is 8.62. The van der Waals surface area contributed by atoms with Gasteiger partial charge in [-0.1, -0.05) is 55.7 Å². The van der Waals surface area contributed by atoms with E-state index in [9.17, 15) is 0 Å². The maximum absolute atomic E-state index is 4.10. The van der Waals surface area contributed by atoms with Crippen LogP contribution in [0.3, 0.4) is 0 Å². The Labute approximate surface area is 130 Å². The molecule has 0 radical (unpaired) electrons. The first kappa shape index (κ1) is 16.3. The van der Waals surface area contributed by atoms with Crippen LogP contribution in [0.5, 0.6) is 0 Å². The molecule has 1 aromatic rings. The predicted molar refractivity (Wildman–Crippen MR) is 92.7 cm³/mol. The Kier molecular flexibility index (Phi) is 6.05. The van der Waals surface area contributed by atoms with Gasteiger partial charge in [-0.25, -0.2) is 0 Å². The van der Waals surface area contributed by atoms with Gasteiger partial charge < -0.3 is 5.32 Å². The molecule has 1 fully saturated rings. The second kappa shape index (κ2) is 7.79. The molecule has 1 aliphatic carbocycles. The molecule has 0 heterocycles. The Balaban J connectivity index is 2.24. The molecule has 0 bridgehead atoms. The highest BCUT2D eigenvalue weighted by Crippen LogP contribution is 2.45. The molecular weight excluding hydrogens is 254 g/mol. The summed E-state index contributed by atoms with van der Waals surface area (Å²) >= 11 is 0. The van der Waals surface area contributed by atoms with Gasteiger partial charge in [-0.15, -0.1) is 6.58 Å². The quantitative estimate of drug-likeness (QED) is 0.645. The highest BCUT2D eigenvalue weighted by molar-refractivity contribution is 5.29. The van der Waals surface area contributed by atoms with Crippen molar-refractivity contribution in [1.82, 2.24) is 5.32 Å². The summed E-state index contributed by atoms with van der Waals surface area (Å²) < 4.78 is 0. The maximum atomic E-state index is 4.10. The van der Waals surface area contributed by atoms with Gasteiger partial charge in [-0.2, -0.15) is 0 Å². The van der Waals surface area contributed by atoms with Crippen molar-refractivity contribution in [1.29, 1.82) is 0 Å². The van der Waals surface area contributed by atoms with Crippen LogP contribution in [0, 0.1) is 0 Å². The van der Waals surface area contributed by atoms with E-state index < -0.39 is 0 Å². The van der Waals surface area contributed by atoms with Crippen molar-refractivity contribution in [2.75, 3.05) is 6.54 Å². The smallest absolute Gasteiger partial charge is 0.0167 e. The monoisotopic (exact) mass is 285 g/mol. The second-order valence-electron chi connectivity index (χ2n) is 6.73. The van der Waals surface area contributed by atoms with Crippen molar-refractivity contribution in [2.24, 2.45) is 0 Å². The summed E-state index contributed by atoms with van der Waals surface area (Å²) in [4.78, 5) is 0. The molecule has 1 aromatic carbocycles. The molecule has 0 spiro atoms. The molecule has 1 saturated carbocycles. The maximum Gasteiger partial charge on any atom is 0.0167 e. The molecule has 1 N–H and O–H groups in total. The largest absolute Gasteiger partial charge is 0.313 e. The van der Waals surface area contributed by atoms with Crippen LogP contribution >= 0.6 is 0 Å². The van der Waals surface area contributed by atoms with Gasteiger partial charge in [0.25, 0.3) is 0 Å². The number of hydrogen-bond acceptors (Lipinski definition) is 1. The van der Waals surface area contributed by atoms with Gasteiger partial charge in [-0.3, -0.25) is 0 Å². The minimum absolute atomic E-state index is 0.339. The zero-order valence-corrected chi connectivity index (χ0v) is 13.8. The van der Waals surface area contributed by atoms with Crippen LogP contribution < -0.4 is 5.32 Å². The van der Waals surface area contributed by atoms with Crippen molar-refractivity contribution >= 4 is 0 Å². The van der Waals surface area contributed by atoms with Crippen LogP contribution in [-0.4, -0.2) is 12.6 Å². The van der Waals surface area contributed by atoms with Gasteiger partial charge in [-0.05, 0) is 51.1 Å². The predicted octanol–water partition coefficient (Wildman–Crippen LogP) is 5.22. The number of allylic oxidation sites excluding steroid dienone is 1. The van der Waals surface area contributed by atoms with Gasteiger partial charge in [0, 0.05) is 11.5 Å². The fourth-order valence-corrected chi connectivity index (χ4v) is 3.90. The molecule has 0 aliphatic heterocycles. The van der Waals surface area contributed by atoms with Crippen molar-refractivity contribution in [3.8, 4) is 0 Å². The van der Waals surface area contributed by atoms with Crippen molar-refractivity contribution < 1.29 is 0 Å². The van der Waals surface area contributed by atoms with E-state index in [1.165, 1.54) is 49.7 Å². The van der Waals surface area contributed by atoms with E-state index in [1.54, 1.807) is 0 Å². The Hall–Kier alpha value is -1.08. The van der Waals surface area contributed by atoms with E-state index in [0.717, 1.165) is 13.0 Å². The van der Waals surface area contributed by atoms with Gasteiger partial charge in [0.2, 0.25) is 0 Å². The number of hydrogen-bond donors (Lipinski definition) is 1. The summed E-state index contributed by atoms with van der Waals surface area (Å²) in [6, 6.07) is 11.8. The molecule has 1 unspecified atom stereocenters. The molecular formula is C20H31N. The highest BCUT2D eigenvalue weighted by Gasteiger charge is 2.41. The zero-order chi connectivity index (χ0) is 15.1. The van der Waals surface area contributed by atoms with Crippen LogP contribution in [0.25, 0.3) is 0 Å². The Morgan fingerprint density at radius 1 is 1.24 bits per heavy atom. The van der Waals surface area contributed by atoms with Gasteiger partial charge in [0.15, 0.2) is 0 Å². The van der Waals surface area contributed by atoms with Crippen LogP contribution in [0.15, 0.2) is 42.5 Å². The Morgan fingerprint density at radius 2 is 1.90 bits per heavy atom. The minimum Gasteiger partial charge on any atom is -0.313 e. The lowest BCUT2D eigenvalue weighted by atomic mass is 9.71. The van der Waals surface area contributed by atoms with E-state index in [1.807, 2.05) is 0 Å². The Bertz CT molecular complexity index is 428. The molecule has 1 atom stereocenters. The fraction of sp³-hybridized carbons (Fsp3) is 0.600. The lowest BCUT2D eigenvalue weighted by Gasteiger charge is -2.39. The van der Waals surface area contributed by atoms with Gasteiger partial charge >= 0.3 is 0 Å². The average Bonchev–Trinajstić information content (AvgIpc) is 2.99. The molecule has 0 aromatic heterocycles. The molecule has 1 aliphatic rings. The van der Waals surface area contributed by atoms with Crippen LogP contribution in [0.1, 0.15) is 64.4 Å². The van der Waals surface area contributed by atoms with Crippen molar-refractivity contribution in [2.45, 2.75) is 70.3 Å². The first-order valence-electron chi connectivity index (χ1n) is 8.62. The van der Waals surface area contributed by atoms with Gasteiger partial charge in [0.1, 0.15) is 0 Å². The second-order valence-corrected chi connectivity index (χ2v) is 6.73. The lowest BCUT2D eigenvalue weighted by molar-refractivity contribution is 0.281. The van der Waals surface area contributed by atoms with E-state index in [4.69, 9.17) is 0 Å². The minimum atomic E-state index is 0.339. The van der Waals surface area contributed by atoms with Crippen LogP contribution in [-0.2, 0) is 5.41 Å². The Morgan fingerprint density at radius 3 is 2.48 bits per heavy atom. The molecule has 0 amide bonds. The molecule has 2 rings (SSSR count). The molecule has 1 heteroatoms. The fourth-order valence-electron chi connectivity index (χ4n) is 3.90. The molecule has 0 saturated heterocycles. The normalized spacial score (nSPS) is 18.6. The summed E-state index contributed by atoms with van der Waals surface area (Å²) in [6.07, 6.45) is 8.94. The molecule has 21 heavy (non-hydrogen) atoms. The lowest BCUT2D eigenvalue weighted by Crippen LogP contribution is -2.47. The average molecular weight is 285 g/mol. The molecule has 116 valence electrons. The molecule has 1 nitrogen and oxygen atoms in total. The van der Waals surface area contributed by atoms with Crippen molar-refractivity contribution in [3.05, 3.63) is 48.0 Å². The summed E-state index contributed by atoms with van der Waals surface area (Å²) in [5.41, 5.74) is 3.18. The number of rotatable bonds is 8. The third-order valence-corrected chi connectivity index (χ3v) is 5.01. The summed E-state index contributed by atoms with van der Waals surface area (Å²) in [5, 5.41) is 3.86. The standard InChI is InChI=1S/C20H31N/c1-4-16-21-19(13-12-17(2)3)20(14-8-9-15-20)18-10-6-5-7-11-18/h5-7,10-11,19,21H,2,4,8-9,12-16H2,1,3H3. The number of nitrogens with one attached hydrogen (secondary N) is 1. The highest BCUT2D eigenvalue weighted by atomic mass is 14.9. The van der Waals surface area contributed by atoms with E-state index in [-0.39, 0.29) is 0 Å². The number of benzene rings is 1. The third kappa shape index (κ3) is 3.97. The first-order chi connectivity index (χ1) is 10.2. The SMILES string of the molecule is C=C(C)CCC(NCCC)C1(c2ccccc2)CCCC1. The summed E-state index contributed by atoms with van der Waals surface area (Å²) in [6.45, 7) is 9.63. The summed E-state index contributed by atoms with van der Waals surface area (Å²) in [5.74, 6) is 0. The topological polar surface area (TPSA) is 12.0 Å². The zero-order valence-electron chi connectivity index (χ0n) is 13.8. The van der Waals surface area contributed by atoms with E-state index >= 15 is 0 Å². The van der Waals surface area contributed by atoms with Crippen LogP contribution in [0.2, 0.25) is 0 Å².